The number of oxime groups is 2. The molecule has 0 atom stereocenters. The SMILES string of the molecule is CON=C(c1nc(N)n[nH]1)c1ccccc1CO/N=C(/C)C#N. The van der Waals surface area contributed by atoms with Crippen LogP contribution >= 0.6 is 0 Å². The second-order valence-corrected chi connectivity index (χ2v) is 4.38. The van der Waals surface area contributed by atoms with Gasteiger partial charge in [-0.3, -0.25) is 5.10 Å². The van der Waals surface area contributed by atoms with E-state index in [4.69, 9.17) is 20.7 Å². The fourth-order valence-corrected chi connectivity index (χ4v) is 1.79. The highest BCUT2D eigenvalue weighted by atomic mass is 16.6. The molecule has 0 aliphatic heterocycles. The largest absolute Gasteiger partial charge is 0.399 e. The summed E-state index contributed by atoms with van der Waals surface area (Å²) in [6.07, 6.45) is 0. The highest BCUT2D eigenvalue weighted by Crippen LogP contribution is 2.15. The van der Waals surface area contributed by atoms with Gasteiger partial charge in [-0.15, -0.1) is 5.10 Å². The zero-order valence-electron chi connectivity index (χ0n) is 12.6. The van der Waals surface area contributed by atoms with E-state index in [0.29, 0.717) is 11.5 Å². The van der Waals surface area contributed by atoms with E-state index in [-0.39, 0.29) is 18.3 Å². The molecule has 0 fully saturated rings. The standard InChI is InChI=1S/C14H15N7O2/c1-9(7-15)20-23-8-10-5-3-4-6-11(10)12(21-22-2)13-17-14(16)19-18-13/h3-6H,8H2,1-2H3,(H3,16,17,18,19)/b20-9-,21-12?. The number of aromatic amines is 1. The molecule has 1 aromatic carbocycles. The summed E-state index contributed by atoms with van der Waals surface area (Å²) in [5, 5.41) is 22.8. The van der Waals surface area contributed by atoms with Crippen molar-refractivity contribution in [3.05, 3.63) is 41.2 Å². The molecule has 0 aliphatic carbocycles. The van der Waals surface area contributed by atoms with Crippen molar-refractivity contribution in [3.8, 4) is 6.07 Å². The third-order valence-electron chi connectivity index (χ3n) is 2.77. The Bertz CT molecular complexity index is 773. The van der Waals surface area contributed by atoms with Crippen LogP contribution in [-0.2, 0) is 16.3 Å². The Kier molecular flexibility index (Phi) is 5.25. The van der Waals surface area contributed by atoms with Gasteiger partial charge >= 0.3 is 0 Å². The van der Waals surface area contributed by atoms with Crippen LogP contribution < -0.4 is 5.73 Å². The number of hydrogen-bond acceptors (Lipinski definition) is 8. The molecule has 0 amide bonds. The fourth-order valence-electron chi connectivity index (χ4n) is 1.79. The van der Waals surface area contributed by atoms with Crippen molar-refractivity contribution in [2.24, 2.45) is 10.3 Å². The van der Waals surface area contributed by atoms with E-state index in [0.717, 1.165) is 11.1 Å². The predicted molar refractivity (Wildman–Crippen MR) is 83.4 cm³/mol. The maximum Gasteiger partial charge on any atom is 0.239 e. The quantitative estimate of drug-likeness (QED) is 0.607. The van der Waals surface area contributed by atoms with Gasteiger partial charge in [0.15, 0.2) is 17.2 Å². The van der Waals surface area contributed by atoms with Crippen molar-refractivity contribution in [2.75, 3.05) is 12.8 Å². The third kappa shape index (κ3) is 4.04. The van der Waals surface area contributed by atoms with Gasteiger partial charge in [-0.05, 0) is 6.92 Å². The van der Waals surface area contributed by atoms with Crippen LogP contribution in [0.3, 0.4) is 0 Å². The Morgan fingerprint density at radius 2 is 2.17 bits per heavy atom. The average molecular weight is 313 g/mol. The molecule has 23 heavy (non-hydrogen) atoms. The van der Waals surface area contributed by atoms with Crippen LogP contribution in [0.25, 0.3) is 0 Å². The molecule has 0 radical (unpaired) electrons. The van der Waals surface area contributed by atoms with E-state index in [1.807, 2.05) is 30.3 Å². The molecular weight excluding hydrogens is 298 g/mol. The molecule has 0 unspecified atom stereocenters. The first kappa shape index (κ1) is 16.0. The van der Waals surface area contributed by atoms with Gasteiger partial charge in [0, 0.05) is 11.1 Å². The molecule has 0 spiro atoms. The van der Waals surface area contributed by atoms with Crippen molar-refractivity contribution in [1.82, 2.24) is 15.2 Å². The maximum atomic E-state index is 8.67. The Morgan fingerprint density at radius 3 is 2.83 bits per heavy atom. The third-order valence-corrected chi connectivity index (χ3v) is 2.77. The van der Waals surface area contributed by atoms with Crippen LogP contribution in [0.4, 0.5) is 5.95 Å². The van der Waals surface area contributed by atoms with Gasteiger partial charge in [0.2, 0.25) is 5.95 Å². The molecule has 9 nitrogen and oxygen atoms in total. The van der Waals surface area contributed by atoms with E-state index in [1.165, 1.54) is 7.11 Å². The number of nitriles is 1. The van der Waals surface area contributed by atoms with E-state index in [9.17, 15) is 0 Å². The number of aromatic nitrogens is 3. The van der Waals surface area contributed by atoms with Crippen LogP contribution in [0, 0.1) is 11.3 Å². The zero-order chi connectivity index (χ0) is 16.7. The van der Waals surface area contributed by atoms with E-state index in [2.05, 4.69) is 25.5 Å². The summed E-state index contributed by atoms with van der Waals surface area (Å²) >= 11 is 0. The molecule has 2 rings (SSSR count). The minimum absolute atomic E-state index is 0.103. The van der Waals surface area contributed by atoms with Crippen LogP contribution in [0.5, 0.6) is 0 Å². The molecular formula is C14H15N7O2. The molecule has 1 aromatic heterocycles. The molecule has 0 aliphatic rings. The lowest BCUT2D eigenvalue weighted by atomic mass is 10.0. The molecule has 9 heteroatoms. The number of H-pyrrole nitrogens is 1. The number of anilines is 1. The summed E-state index contributed by atoms with van der Waals surface area (Å²) in [5.74, 6) is 0.472. The second kappa shape index (κ2) is 7.56. The van der Waals surface area contributed by atoms with Gasteiger partial charge in [-0.1, -0.05) is 34.6 Å². The molecule has 3 N–H and O–H groups in total. The van der Waals surface area contributed by atoms with Gasteiger partial charge in [0.25, 0.3) is 0 Å². The van der Waals surface area contributed by atoms with E-state index >= 15 is 0 Å². The Balaban J connectivity index is 2.34. The number of nitrogens with two attached hydrogens (primary N) is 1. The summed E-state index contributed by atoms with van der Waals surface area (Å²) in [7, 11) is 1.43. The summed E-state index contributed by atoms with van der Waals surface area (Å²) in [6.45, 7) is 1.71. The lowest BCUT2D eigenvalue weighted by Crippen LogP contribution is -2.10. The van der Waals surface area contributed by atoms with Crippen LogP contribution in [-0.4, -0.2) is 33.7 Å². The number of nitrogens with one attached hydrogen (secondary N) is 1. The molecule has 2 aromatic rings. The first-order valence-electron chi connectivity index (χ1n) is 6.60. The van der Waals surface area contributed by atoms with Crippen LogP contribution in [0.15, 0.2) is 34.6 Å². The average Bonchev–Trinajstić information content (AvgIpc) is 2.99. The predicted octanol–water partition coefficient (Wildman–Crippen LogP) is 1.20. The minimum Gasteiger partial charge on any atom is -0.399 e. The highest BCUT2D eigenvalue weighted by Gasteiger charge is 2.16. The zero-order valence-corrected chi connectivity index (χ0v) is 12.6. The first-order valence-corrected chi connectivity index (χ1v) is 6.60. The maximum absolute atomic E-state index is 8.67. The normalized spacial score (nSPS) is 11.9. The fraction of sp³-hybridized carbons (Fsp3) is 0.214. The number of nitrogen functional groups attached to an aromatic ring is 1. The van der Waals surface area contributed by atoms with Crippen molar-refractivity contribution in [1.29, 1.82) is 5.26 Å². The van der Waals surface area contributed by atoms with E-state index < -0.39 is 0 Å². The van der Waals surface area contributed by atoms with Crippen molar-refractivity contribution >= 4 is 17.4 Å². The van der Waals surface area contributed by atoms with Gasteiger partial charge in [-0.2, -0.15) is 10.2 Å². The second-order valence-electron chi connectivity index (χ2n) is 4.38. The van der Waals surface area contributed by atoms with Gasteiger partial charge in [0.05, 0.1) is 0 Å². The summed E-state index contributed by atoms with van der Waals surface area (Å²) in [4.78, 5) is 14.1. The number of benzene rings is 1. The van der Waals surface area contributed by atoms with Crippen molar-refractivity contribution in [2.45, 2.75) is 13.5 Å². The molecule has 0 saturated carbocycles. The van der Waals surface area contributed by atoms with Crippen molar-refractivity contribution in [3.63, 3.8) is 0 Å². The lowest BCUT2D eigenvalue weighted by Gasteiger charge is -2.09. The Morgan fingerprint density at radius 1 is 1.39 bits per heavy atom. The number of rotatable bonds is 6. The smallest absolute Gasteiger partial charge is 0.239 e. The van der Waals surface area contributed by atoms with Gasteiger partial charge in [-0.25, -0.2) is 0 Å². The van der Waals surface area contributed by atoms with Crippen LogP contribution in [0.2, 0.25) is 0 Å². The topological polar surface area (TPSA) is 135 Å². The van der Waals surface area contributed by atoms with Crippen molar-refractivity contribution < 1.29 is 9.68 Å². The molecule has 0 bridgehead atoms. The van der Waals surface area contributed by atoms with E-state index in [1.54, 1.807) is 6.92 Å². The molecule has 1 heterocycles. The highest BCUT2D eigenvalue weighted by molar-refractivity contribution is 6.11. The molecule has 0 saturated heterocycles. The first-order chi connectivity index (χ1) is 11.2. The van der Waals surface area contributed by atoms with Crippen LogP contribution in [0.1, 0.15) is 23.9 Å². The number of nitrogens with zero attached hydrogens (tertiary/aromatic N) is 5. The summed E-state index contributed by atoms with van der Waals surface area (Å²) in [5.41, 5.74) is 7.70. The number of hydrogen-bond donors (Lipinski definition) is 2. The summed E-state index contributed by atoms with van der Waals surface area (Å²) < 4.78 is 0. The summed E-state index contributed by atoms with van der Waals surface area (Å²) in [6, 6.07) is 9.25. The Labute approximate surface area is 132 Å². The minimum atomic E-state index is 0.103. The molecule has 118 valence electrons. The monoisotopic (exact) mass is 313 g/mol. The Hall–Kier alpha value is -3.41. The van der Waals surface area contributed by atoms with Gasteiger partial charge < -0.3 is 15.4 Å². The lowest BCUT2D eigenvalue weighted by molar-refractivity contribution is 0.130. The van der Waals surface area contributed by atoms with Gasteiger partial charge in [0.1, 0.15) is 19.8 Å².